The standard InChI is InChI=1S/C36H35IN4O7/c37-48-36(46)41-33(24-6-2-1-3-7-24)26-8-4-9-27(20-26)47-22-23-10-12-25(13-11-23)35(45)39-19-5-18-38-21-31(43)28-14-16-30(42)34-29(28)15-17-32(44)40-34/h1-4,6-17,20,31,33,38,42-43H,5,18-19,21-22H2,(H,39,45)(H,40,44)(H,41,46)/t31-,33?/m0/s1. The van der Waals surface area contributed by atoms with Crippen LogP contribution in [0.3, 0.4) is 0 Å². The van der Waals surface area contributed by atoms with Gasteiger partial charge in [0.05, 0.1) is 17.7 Å². The van der Waals surface area contributed by atoms with Gasteiger partial charge in [-0.25, -0.2) is 4.79 Å². The number of ether oxygens (including phenoxy) is 1. The van der Waals surface area contributed by atoms with E-state index in [1.165, 1.54) is 12.1 Å². The molecule has 0 saturated carbocycles. The second kappa shape index (κ2) is 16.8. The third-order valence-corrected chi connectivity index (χ3v) is 8.10. The molecule has 48 heavy (non-hydrogen) atoms. The van der Waals surface area contributed by atoms with E-state index >= 15 is 0 Å². The fraction of sp³-hybridized carbons (Fsp3) is 0.194. The minimum atomic E-state index is -0.852. The van der Waals surface area contributed by atoms with E-state index in [2.05, 4.69) is 20.9 Å². The molecule has 0 bridgehead atoms. The van der Waals surface area contributed by atoms with Gasteiger partial charge in [0.15, 0.2) is 23.0 Å². The zero-order chi connectivity index (χ0) is 33.9. The number of benzene rings is 4. The van der Waals surface area contributed by atoms with Crippen molar-refractivity contribution in [1.82, 2.24) is 20.9 Å². The van der Waals surface area contributed by atoms with Crippen LogP contribution in [0.25, 0.3) is 10.9 Å². The summed E-state index contributed by atoms with van der Waals surface area (Å²) >= 11 is 1.55. The van der Waals surface area contributed by atoms with Crippen LogP contribution < -0.4 is 26.2 Å². The highest BCUT2D eigenvalue weighted by molar-refractivity contribution is 14.1. The fourth-order valence-electron chi connectivity index (χ4n) is 5.26. The Bertz CT molecular complexity index is 1900. The lowest BCUT2D eigenvalue weighted by molar-refractivity contribution is 0.0952. The molecule has 6 N–H and O–H groups in total. The number of H-pyrrole nitrogens is 1. The molecule has 1 unspecified atom stereocenters. The van der Waals surface area contributed by atoms with Gasteiger partial charge >= 0.3 is 6.09 Å². The summed E-state index contributed by atoms with van der Waals surface area (Å²) < 4.78 is 10.8. The maximum atomic E-state index is 12.7. The van der Waals surface area contributed by atoms with Crippen molar-refractivity contribution >= 4 is 45.9 Å². The lowest BCUT2D eigenvalue weighted by atomic mass is 9.98. The fourth-order valence-corrected chi connectivity index (χ4v) is 5.39. The van der Waals surface area contributed by atoms with Crippen molar-refractivity contribution in [2.24, 2.45) is 0 Å². The van der Waals surface area contributed by atoms with E-state index in [-0.39, 0.29) is 29.3 Å². The highest BCUT2D eigenvalue weighted by Gasteiger charge is 2.18. The molecule has 0 spiro atoms. The molecule has 0 radical (unpaired) electrons. The minimum Gasteiger partial charge on any atom is -0.506 e. The number of nitrogens with one attached hydrogen (secondary N) is 4. The average molecular weight is 763 g/mol. The Morgan fingerprint density at radius 2 is 1.65 bits per heavy atom. The summed E-state index contributed by atoms with van der Waals surface area (Å²) in [5.41, 5.74) is 3.70. The maximum Gasteiger partial charge on any atom is 0.417 e. The smallest absolute Gasteiger partial charge is 0.417 e. The first-order valence-electron chi connectivity index (χ1n) is 15.3. The number of aromatic hydroxyl groups is 1. The normalized spacial score (nSPS) is 12.2. The van der Waals surface area contributed by atoms with Gasteiger partial charge in [0.1, 0.15) is 18.1 Å². The first-order valence-corrected chi connectivity index (χ1v) is 16.2. The summed E-state index contributed by atoms with van der Waals surface area (Å²) in [6.45, 7) is 1.56. The van der Waals surface area contributed by atoms with Crippen molar-refractivity contribution in [3.63, 3.8) is 0 Å². The van der Waals surface area contributed by atoms with Crippen LogP contribution in [-0.2, 0) is 9.67 Å². The highest BCUT2D eigenvalue weighted by atomic mass is 127. The molecular weight excluding hydrogens is 727 g/mol. The molecule has 2 amide bonds. The van der Waals surface area contributed by atoms with Crippen molar-refractivity contribution in [2.45, 2.75) is 25.2 Å². The Kier molecular flexibility index (Phi) is 12.0. The number of aliphatic hydroxyl groups is 1. The zero-order valence-corrected chi connectivity index (χ0v) is 28.0. The number of hydrogen-bond donors (Lipinski definition) is 6. The Balaban J connectivity index is 1.06. The zero-order valence-electron chi connectivity index (χ0n) is 25.8. The van der Waals surface area contributed by atoms with E-state index in [0.29, 0.717) is 48.4 Å². The van der Waals surface area contributed by atoms with Crippen molar-refractivity contribution in [3.05, 3.63) is 141 Å². The van der Waals surface area contributed by atoms with E-state index in [1.807, 2.05) is 66.7 Å². The molecule has 5 rings (SSSR count). The van der Waals surface area contributed by atoms with Gasteiger partial charge in [-0.1, -0.05) is 60.7 Å². The molecule has 11 nitrogen and oxygen atoms in total. The Hall–Kier alpha value is -4.92. The van der Waals surface area contributed by atoms with Gasteiger partial charge in [0.2, 0.25) is 5.56 Å². The minimum absolute atomic E-state index is 0.0590. The molecule has 0 aliphatic rings. The molecule has 2 atom stereocenters. The molecule has 0 aliphatic heterocycles. The van der Waals surface area contributed by atoms with Gasteiger partial charge in [-0.05, 0) is 71.6 Å². The lowest BCUT2D eigenvalue weighted by Gasteiger charge is -2.19. The van der Waals surface area contributed by atoms with E-state index in [1.54, 1.807) is 47.3 Å². The Morgan fingerprint density at radius 1 is 0.875 bits per heavy atom. The summed E-state index contributed by atoms with van der Waals surface area (Å²) in [4.78, 5) is 38.9. The molecule has 248 valence electrons. The van der Waals surface area contributed by atoms with Gasteiger partial charge in [0.25, 0.3) is 5.91 Å². The monoisotopic (exact) mass is 762 g/mol. The van der Waals surface area contributed by atoms with Crippen LogP contribution in [-0.4, -0.2) is 46.8 Å². The topological polar surface area (TPSA) is 162 Å². The first kappa shape index (κ1) is 34.4. The summed E-state index contributed by atoms with van der Waals surface area (Å²) in [6.07, 6.45) is -0.754. The summed E-state index contributed by atoms with van der Waals surface area (Å²) in [5, 5.41) is 30.2. The highest BCUT2D eigenvalue weighted by Crippen LogP contribution is 2.29. The molecule has 0 aliphatic carbocycles. The summed E-state index contributed by atoms with van der Waals surface area (Å²) in [7, 11) is 0. The number of carbonyl (C=O) groups is 2. The van der Waals surface area contributed by atoms with Crippen molar-refractivity contribution in [1.29, 1.82) is 0 Å². The summed E-state index contributed by atoms with van der Waals surface area (Å²) in [6, 6.07) is 29.9. The SMILES string of the molecule is O=C(NC(c1ccccc1)c1cccc(OCc2ccc(C(=O)NCCCNC[C@H](O)c3ccc(O)c4[nH]c(=O)ccc34)cc2)c1)OI. The first-order chi connectivity index (χ1) is 23.3. The third kappa shape index (κ3) is 9.12. The molecule has 12 heteroatoms. The molecular formula is C36H35IN4O7. The third-order valence-electron chi connectivity index (χ3n) is 7.70. The Morgan fingerprint density at radius 3 is 2.42 bits per heavy atom. The van der Waals surface area contributed by atoms with Gasteiger partial charge in [-0.3, -0.25) is 9.59 Å². The number of halogens is 1. The van der Waals surface area contributed by atoms with Crippen LogP contribution in [0.4, 0.5) is 4.79 Å². The number of phenols is 1. The van der Waals surface area contributed by atoms with Gasteiger partial charge < -0.3 is 39.0 Å². The number of amides is 2. The maximum absolute atomic E-state index is 12.7. The quantitative estimate of drug-likeness (QED) is 0.0646. The van der Waals surface area contributed by atoms with Crippen LogP contribution in [0.15, 0.2) is 108 Å². The van der Waals surface area contributed by atoms with Crippen LogP contribution >= 0.6 is 23.0 Å². The van der Waals surface area contributed by atoms with Crippen LogP contribution in [0, 0.1) is 0 Å². The van der Waals surface area contributed by atoms with Crippen LogP contribution in [0.1, 0.15) is 51.2 Å². The predicted octanol–water partition coefficient (Wildman–Crippen LogP) is 5.42. The predicted molar refractivity (Wildman–Crippen MR) is 190 cm³/mol. The lowest BCUT2D eigenvalue weighted by Crippen LogP contribution is -2.29. The van der Waals surface area contributed by atoms with Gasteiger partial charge in [-0.2, -0.15) is 0 Å². The number of pyridine rings is 1. The molecule has 5 aromatic rings. The van der Waals surface area contributed by atoms with Gasteiger partial charge in [-0.15, -0.1) is 0 Å². The Labute approximate surface area is 291 Å². The number of aromatic nitrogens is 1. The van der Waals surface area contributed by atoms with E-state index in [0.717, 1.165) is 16.7 Å². The second-order valence-corrected chi connectivity index (χ2v) is 11.5. The second-order valence-electron chi connectivity index (χ2n) is 11.0. The largest absolute Gasteiger partial charge is 0.506 e. The number of aromatic amines is 1. The number of aliphatic hydroxyl groups excluding tert-OH is 1. The van der Waals surface area contributed by atoms with Crippen molar-refractivity contribution in [3.8, 4) is 11.5 Å². The van der Waals surface area contributed by atoms with E-state index in [9.17, 15) is 24.6 Å². The molecule has 4 aromatic carbocycles. The average Bonchev–Trinajstić information content (AvgIpc) is 3.12. The molecule has 0 saturated heterocycles. The van der Waals surface area contributed by atoms with Gasteiger partial charge in [0, 0.05) is 30.1 Å². The van der Waals surface area contributed by atoms with Crippen LogP contribution in [0.5, 0.6) is 11.5 Å². The summed E-state index contributed by atoms with van der Waals surface area (Å²) in [5.74, 6) is 0.384. The number of fused-ring (bicyclic) bond motifs is 1. The number of phenolic OH excluding ortho intramolecular Hbond substituents is 1. The van der Waals surface area contributed by atoms with Crippen molar-refractivity contribution in [2.75, 3.05) is 19.6 Å². The van der Waals surface area contributed by atoms with E-state index in [4.69, 9.17) is 7.80 Å². The van der Waals surface area contributed by atoms with Crippen LogP contribution in [0.2, 0.25) is 0 Å². The number of hydrogen-bond acceptors (Lipinski definition) is 8. The number of carbonyl (C=O) groups excluding carboxylic acids is 2. The number of rotatable bonds is 14. The van der Waals surface area contributed by atoms with Crippen molar-refractivity contribution < 1.29 is 27.6 Å². The molecule has 1 aromatic heterocycles. The molecule has 0 fully saturated rings. The molecule has 1 heterocycles. The van der Waals surface area contributed by atoms with E-state index < -0.39 is 18.2 Å².